The van der Waals surface area contributed by atoms with Crippen molar-refractivity contribution in [1.29, 1.82) is 0 Å². The molecule has 7 heteroatoms. The van der Waals surface area contributed by atoms with Gasteiger partial charge in [-0.1, -0.05) is 23.7 Å². The van der Waals surface area contributed by atoms with Gasteiger partial charge in [-0.25, -0.2) is 4.68 Å². The quantitative estimate of drug-likeness (QED) is 0.656. The van der Waals surface area contributed by atoms with Gasteiger partial charge in [0, 0.05) is 43.0 Å². The van der Waals surface area contributed by atoms with Crippen LogP contribution in [0.2, 0.25) is 5.02 Å². The molecule has 1 amide bonds. The van der Waals surface area contributed by atoms with Crippen LogP contribution in [0, 0.1) is 6.92 Å². The number of nitrogens with zero attached hydrogens (tertiary/aromatic N) is 4. The van der Waals surface area contributed by atoms with E-state index in [1.807, 2.05) is 66.4 Å². The highest BCUT2D eigenvalue weighted by atomic mass is 35.5. The maximum Gasteiger partial charge on any atom is 0.272 e. The highest BCUT2D eigenvalue weighted by Gasteiger charge is 2.25. The third-order valence-corrected chi connectivity index (χ3v) is 5.32. The van der Waals surface area contributed by atoms with Gasteiger partial charge in [0.2, 0.25) is 0 Å². The molecule has 0 radical (unpaired) electrons. The van der Waals surface area contributed by atoms with Gasteiger partial charge in [0.05, 0.1) is 18.5 Å². The second-order valence-electron chi connectivity index (χ2n) is 7.04. The molecule has 0 bridgehead atoms. The van der Waals surface area contributed by atoms with E-state index in [0.29, 0.717) is 18.8 Å². The van der Waals surface area contributed by atoms with Gasteiger partial charge in [0.1, 0.15) is 11.4 Å². The number of halogens is 1. The Bertz CT molecular complexity index is 1030. The molecule has 0 N–H and O–H groups in total. The number of carbonyl (C=O) groups excluding carboxylic acids is 1. The van der Waals surface area contributed by atoms with Gasteiger partial charge in [0.25, 0.3) is 5.91 Å². The van der Waals surface area contributed by atoms with Crippen molar-refractivity contribution in [3.63, 3.8) is 0 Å². The highest BCUT2D eigenvalue weighted by Crippen LogP contribution is 2.23. The van der Waals surface area contributed by atoms with Gasteiger partial charge in [-0.2, -0.15) is 5.10 Å². The topological polar surface area (TPSA) is 50.6 Å². The van der Waals surface area contributed by atoms with E-state index in [-0.39, 0.29) is 5.91 Å². The van der Waals surface area contributed by atoms with Crippen molar-refractivity contribution in [1.82, 2.24) is 14.7 Å². The van der Waals surface area contributed by atoms with Crippen molar-refractivity contribution in [2.45, 2.75) is 6.92 Å². The van der Waals surface area contributed by atoms with Crippen LogP contribution in [0.4, 0.5) is 5.69 Å². The number of piperazine rings is 1. The number of rotatable bonds is 4. The zero-order valence-corrected chi connectivity index (χ0v) is 17.3. The largest absolute Gasteiger partial charge is 0.497 e. The summed E-state index contributed by atoms with van der Waals surface area (Å²) in [7, 11) is 1.62. The molecule has 6 nitrogen and oxygen atoms in total. The molecule has 1 saturated heterocycles. The number of hydrogen-bond acceptors (Lipinski definition) is 4. The van der Waals surface area contributed by atoms with Crippen LogP contribution in [-0.4, -0.2) is 53.9 Å². The number of anilines is 1. The summed E-state index contributed by atoms with van der Waals surface area (Å²) in [4.78, 5) is 17.4. The lowest BCUT2D eigenvalue weighted by Gasteiger charge is -2.36. The summed E-state index contributed by atoms with van der Waals surface area (Å²) in [5.41, 5.74) is 3.25. The molecule has 0 spiro atoms. The molecular formula is C22H23ClN4O2. The lowest BCUT2D eigenvalue weighted by atomic mass is 10.2. The minimum atomic E-state index is -0.0147. The Balaban J connectivity index is 1.52. The third kappa shape index (κ3) is 4.07. The molecule has 29 heavy (non-hydrogen) atoms. The first kappa shape index (κ1) is 19.3. The Labute approximate surface area is 175 Å². The van der Waals surface area contributed by atoms with E-state index in [1.54, 1.807) is 11.8 Å². The zero-order chi connectivity index (χ0) is 20.4. The molecule has 1 aliphatic rings. The minimum Gasteiger partial charge on any atom is -0.497 e. The van der Waals surface area contributed by atoms with Gasteiger partial charge in [-0.3, -0.25) is 4.79 Å². The minimum absolute atomic E-state index is 0.0147. The van der Waals surface area contributed by atoms with Gasteiger partial charge in [-0.15, -0.1) is 0 Å². The maximum absolute atomic E-state index is 13.3. The number of ether oxygens (including phenoxy) is 1. The van der Waals surface area contributed by atoms with E-state index in [1.165, 1.54) is 0 Å². The van der Waals surface area contributed by atoms with E-state index in [0.717, 1.165) is 40.9 Å². The molecule has 1 fully saturated rings. The van der Waals surface area contributed by atoms with Crippen molar-refractivity contribution in [3.8, 4) is 11.4 Å². The summed E-state index contributed by atoms with van der Waals surface area (Å²) in [5, 5.41) is 5.25. The molecule has 0 atom stereocenters. The van der Waals surface area contributed by atoms with Crippen molar-refractivity contribution < 1.29 is 9.53 Å². The van der Waals surface area contributed by atoms with Crippen LogP contribution in [0.15, 0.2) is 54.6 Å². The number of benzene rings is 2. The molecular weight excluding hydrogens is 388 g/mol. The number of aryl methyl sites for hydroxylation is 1. The van der Waals surface area contributed by atoms with E-state index >= 15 is 0 Å². The number of methoxy groups -OCH3 is 1. The lowest BCUT2D eigenvalue weighted by Crippen LogP contribution is -2.49. The van der Waals surface area contributed by atoms with Crippen molar-refractivity contribution >= 4 is 23.2 Å². The van der Waals surface area contributed by atoms with Gasteiger partial charge >= 0.3 is 0 Å². The van der Waals surface area contributed by atoms with Gasteiger partial charge in [-0.05, 0) is 43.3 Å². The fourth-order valence-corrected chi connectivity index (χ4v) is 3.78. The summed E-state index contributed by atoms with van der Waals surface area (Å²) in [6.45, 7) is 4.71. The fourth-order valence-electron chi connectivity index (χ4n) is 3.59. The predicted molar refractivity (Wildman–Crippen MR) is 114 cm³/mol. The zero-order valence-electron chi connectivity index (χ0n) is 16.5. The number of aromatic nitrogens is 2. The highest BCUT2D eigenvalue weighted by molar-refractivity contribution is 6.30. The molecule has 2 heterocycles. The van der Waals surface area contributed by atoms with E-state index in [4.69, 9.17) is 16.3 Å². The Morgan fingerprint density at radius 1 is 1.00 bits per heavy atom. The third-order valence-electron chi connectivity index (χ3n) is 5.09. The molecule has 4 rings (SSSR count). The molecule has 1 aromatic heterocycles. The van der Waals surface area contributed by atoms with Crippen LogP contribution in [-0.2, 0) is 0 Å². The van der Waals surface area contributed by atoms with Crippen LogP contribution in [0.25, 0.3) is 5.69 Å². The molecule has 0 saturated carbocycles. The second-order valence-corrected chi connectivity index (χ2v) is 7.48. The van der Waals surface area contributed by atoms with Crippen molar-refractivity contribution in [2.75, 3.05) is 38.2 Å². The van der Waals surface area contributed by atoms with E-state index in [2.05, 4.69) is 10.00 Å². The van der Waals surface area contributed by atoms with Gasteiger partial charge < -0.3 is 14.5 Å². The van der Waals surface area contributed by atoms with Crippen LogP contribution < -0.4 is 9.64 Å². The molecule has 150 valence electrons. The first-order chi connectivity index (χ1) is 14.0. The van der Waals surface area contributed by atoms with Crippen LogP contribution in [0.3, 0.4) is 0 Å². The second kappa shape index (κ2) is 8.17. The SMILES string of the molecule is COc1cccc(-n2nc(C)cc2C(=O)N2CCN(c3cccc(Cl)c3)CC2)c1. The van der Waals surface area contributed by atoms with E-state index in [9.17, 15) is 4.79 Å². The average molecular weight is 411 g/mol. The Morgan fingerprint density at radius 3 is 2.45 bits per heavy atom. The first-order valence-electron chi connectivity index (χ1n) is 9.56. The summed E-state index contributed by atoms with van der Waals surface area (Å²) in [6.07, 6.45) is 0. The first-order valence-corrected chi connectivity index (χ1v) is 9.94. The normalized spacial score (nSPS) is 14.2. The lowest BCUT2D eigenvalue weighted by molar-refractivity contribution is 0.0737. The number of hydrogen-bond donors (Lipinski definition) is 0. The van der Waals surface area contributed by atoms with Gasteiger partial charge in [0.15, 0.2) is 0 Å². The molecule has 3 aromatic rings. The Morgan fingerprint density at radius 2 is 1.72 bits per heavy atom. The number of amides is 1. The van der Waals surface area contributed by atoms with Crippen molar-refractivity contribution in [2.24, 2.45) is 0 Å². The summed E-state index contributed by atoms with van der Waals surface area (Å²) < 4.78 is 7.01. The summed E-state index contributed by atoms with van der Waals surface area (Å²) in [6, 6.07) is 17.2. The van der Waals surface area contributed by atoms with E-state index < -0.39 is 0 Å². The monoisotopic (exact) mass is 410 g/mol. The molecule has 0 aliphatic carbocycles. The molecule has 2 aromatic carbocycles. The Kier molecular flexibility index (Phi) is 5.45. The van der Waals surface area contributed by atoms with Crippen molar-refractivity contribution in [3.05, 3.63) is 71.0 Å². The summed E-state index contributed by atoms with van der Waals surface area (Å²) >= 11 is 6.11. The fraction of sp³-hybridized carbons (Fsp3) is 0.273. The average Bonchev–Trinajstić information content (AvgIpc) is 3.15. The van der Waals surface area contributed by atoms with Crippen LogP contribution in [0.5, 0.6) is 5.75 Å². The van der Waals surface area contributed by atoms with Crippen LogP contribution >= 0.6 is 11.6 Å². The smallest absolute Gasteiger partial charge is 0.272 e. The maximum atomic E-state index is 13.3. The molecule has 0 unspecified atom stereocenters. The Hall–Kier alpha value is -2.99. The molecule has 1 aliphatic heterocycles. The predicted octanol–water partition coefficient (Wildman–Crippen LogP) is 3.81. The standard InChI is InChI=1S/C22H23ClN4O2/c1-16-13-21(27(24-16)19-7-4-8-20(15-19)29-2)22(28)26-11-9-25(10-12-26)18-6-3-5-17(23)14-18/h3-8,13-15H,9-12H2,1-2H3. The van der Waals surface area contributed by atoms with Crippen LogP contribution in [0.1, 0.15) is 16.2 Å². The summed E-state index contributed by atoms with van der Waals surface area (Å²) in [5.74, 6) is 0.711. The number of carbonyl (C=O) groups is 1.